The fourth-order valence-corrected chi connectivity index (χ4v) is 4.54. The van der Waals surface area contributed by atoms with Gasteiger partial charge >= 0.3 is 17.3 Å². The second-order valence-corrected chi connectivity index (χ2v) is 9.94. The number of aromatic nitrogens is 4. The SMILES string of the molecule is CCOC(=O)CCC(C(=O)c1ccc(F)cc1)n1cc([N+](=O)[O-])cn1.O=C1CCC(n2cc([N+](=O)[O-])cn2)=C(c2ccc(F)cc2)N1. The number of nitrogens with one attached hydrogen (secondary N) is 1. The number of carbonyl (C=O) groups excluding carboxylic acids is 3. The molecule has 0 aliphatic carbocycles. The summed E-state index contributed by atoms with van der Waals surface area (Å²) >= 11 is 0. The van der Waals surface area contributed by atoms with Gasteiger partial charge in [0.2, 0.25) is 5.91 Å². The van der Waals surface area contributed by atoms with Crippen LogP contribution in [0.3, 0.4) is 0 Å². The number of carbonyl (C=O) groups is 3. The first-order valence-corrected chi connectivity index (χ1v) is 14.1. The summed E-state index contributed by atoms with van der Waals surface area (Å²) in [6.45, 7) is 1.87. The molecule has 47 heavy (non-hydrogen) atoms. The Morgan fingerprint density at radius 1 is 0.936 bits per heavy atom. The van der Waals surface area contributed by atoms with E-state index in [1.165, 1.54) is 47.3 Å². The maximum absolute atomic E-state index is 13.0. The maximum Gasteiger partial charge on any atom is 0.307 e. The summed E-state index contributed by atoms with van der Waals surface area (Å²) in [4.78, 5) is 56.3. The van der Waals surface area contributed by atoms with E-state index in [-0.39, 0.29) is 54.5 Å². The Morgan fingerprint density at radius 3 is 2.11 bits per heavy atom. The molecule has 1 unspecified atom stereocenters. The predicted molar refractivity (Wildman–Crippen MR) is 160 cm³/mol. The molecule has 0 saturated heterocycles. The van der Waals surface area contributed by atoms with Crippen LogP contribution in [0.1, 0.15) is 54.6 Å². The molecule has 0 bridgehead atoms. The average Bonchev–Trinajstić information content (AvgIpc) is 3.74. The Kier molecular flexibility index (Phi) is 10.9. The first kappa shape index (κ1) is 33.8. The number of esters is 1. The highest BCUT2D eigenvalue weighted by Gasteiger charge is 2.26. The van der Waals surface area contributed by atoms with Gasteiger partial charge in [0.25, 0.3) is 0 Å². The van der Waals surface area contributed by atoms with E-state index in [1.54, 1.807) is 6.92 Å². The van der Waals surface area contributed by atoms with E-state index in [0.29, 0.717) is 23.4 Å². The minimum absolute atomic E-state index is 0.0495. The molecule has 1 amide bonds. The van der Waals surface area contributed by atoms with Crippen LogP contribution in [0.2, 0.25) is 0 Å². The molecule has 15 nitrogen and oxygen atoms in total. The van der Waals surface area contributed by atoms with Gasteiger partial charge in [0.05, 0.1) is 27.8 Å². The Hall–Kier alpha value is -6.13. The van der Waals surface area contributed by atoms with E-state index in [1.807, 2.05) is 0 Å². The van der Waals surface area contributed by atoms with E-state index in [4.69, 9.17) is 4.74 Å². The van der Waals surface area contributed by atoms with Crippen molar-refractivity contribution in [2.75, 3.05) is 6.61 Å². The molecule has 1 atom stereocenters. The molecule has 2 aromatic carbocycles. The quantitative estimate of drug-likeness (QED) is 0.101. The van der Waals surface area contributed by atoms with E-state index in [9.17, 15) is 43.4 Å². The number of ketones is 1. The van der Waals surface area contributed by atoms with Crippen molar-refractivity contribution in [1.82, 2.24) is 24.9 Å². The summed E-state index contributed by atoms with van der Waals surface area (Å²) in [7, 11) is 0. The first-order chi connectivity index (χ1) is 22.5. The van der Waals surface area contributed by atoms with Gasteiger partial charge in [-0.3, -0.25) is 39.3 Å². The number of amides is 1. The molecule has 244 valence electrons. The lowest BCUT2D eigenvalue weighted by Crippen LogP contribution is -2.28. The number of Topliss-reactive ketones (excluding diaryl/α,β-unsaturated/α-hetero) is 1. The van der Waals surface area contributed by atoms with Gasteiger partial charge in [-0.05, 0) is 61.9 Å². The molecule has 4 aromatic rings. The van der Waals surface area contributed by atoms with Crippen LogP contribution < -0.4 is 5.32 Å². The second kappa shape index (κ2) is 15.2. The second-order valence-electron chi connectivity index (χ2n) is 9.94. The van der Waals surface area contributed by atoms with Crippen LogP contribution in [0.5, 0.6) is 0 Å². The van der Waals surface area contributed by atoms with Crippen LogP contribution >= 0.6 is 0 Å². The standard InChI is InChI=1S/C16H16FN3O5.C14H11FN4O3/c1-2-25-15(21)8-7-14(19-10-13(9-18-19)20(23)24)16(22)11-3-5-12(17)6-4-11;15-10-3-1-9(2-4-10)14-12(5-6-13(20)17-14)18-8-11(7-16-18)19(21)22/h3-6,9-10,14H,2,7-8H2,1H3;1-4,7-8H,5-6H2,(H,17,20). The summed E-state index contributed by atoms with van der Waals surface area (Å²) in [5.74, 6) is -1.95. The third-order valence-electron chi connectivity index (χ3n) is 6.81. The number of hydrogen-bond acceptors (Lipinski definition) is 10. The van der Waals surface area contributed by atoms with Crippen molar-refractivity contribution in [3.8, 4) is 0 Å². The largest absolute Gasteiger partial charge is 0.466 e. The fourth-order valence-electron chi connectivity index (χ4n) is 4.54. The minimum Gasteiger partial charge on any atom is -0.466 e. The molecule has 0 fully saturated rings. The molecule has 1 aliphatic rings. The van der Waals surface area contributed by atoms with Crippen molar-refractivity contribution in [2.45, 2.75) is 38.6 Å². The van der Waals surface area contributed by atoms with Gasteiger partial charge < -0.3 is 10.1 Å². The summed E-state index contributed by atoms with van der Waals surface area (Å²) in [6.07, 6.45) is 5.21. The summed E-state index contributed by atoms with van der Waals surface area (Å²) < 4.78 is 33.4. The molecule has 1 N–H and O–H groups in total. The number of nitro groups is 2. The zero-order chi connectivity index (χ0) is 34.1. The molecule has 0 radical (unpaired) electrons. The van der Waals surface area contributed by atoms with Crippen LogP contribution in [-0.4, -0.2) is 53.7 Å². The summed E-state index contributed by atoms with van der Waals surface area (Å²) in [5.41, 5.74) is 1.53. The number of ether oxygens (including phenoxy) is 1. The predicted octanol–water partition coefficient (Wildman–Crippen LogP) is 4.86. The number of benzene rings is 2. The number of halogens is 2. The van der Waals surface area contributed by atoms with Crippen LogP contribution in [0, 0.1) is 31.9 Å². The highest BCUT2D eigenvalue weighted by molar-refractivity contribution is 5.99. The van der Waals surface area contributed by atoms with Gasteiger partial charge in [0.1, 0.15) is 42.5 Å². The lowest BCUT2D eigenvalue weighted by atomic mass is 10.0. The van der Waals surface area contributed by atoms with E-state index in [2.05, 4.69) is 15.5 Å². The summed E-state index contributed by atoms with van der Waals surface area (Å²) in [6, 6.07) is 9.60. The van der Waals surface area contributed by atoms with Gasteiger partial charge in [0, 0.05) is 30.4 Å². The fraction of sp³-hybridized carbons (Fsp3) is 0.233. The Labute approximate surface area is 264 Å². The van der Waals surface area contributed by atoms with Crippen LogP contribution in [0.15, 0.2) is 73.3 Å². The van der Waals surface area contributed by atoms with Crippen molar-refractivity contribution in [3.63, 3.8) is 0 Å². The van der Waals surface area contributed by atoms with Crippen LogP contribution in [0.4, 0.5) is 20.2 Å². The number of allylic oxidation sites excluding steroid dienone is 1. The van der Waals surface area contributed by atoms with Crippen molar-refractivity contribution in [3.05, 3.63) is 116 Å². The Bertz CT molecular complexity index is 1820. The number of nitrogens with zero attached hydrogens (tertiary/aromatic N) is 6. The lowest BCUT2D eigenvalue weighted by molar-refractivity contribution is -0.385. The van der Waals surface area contributed by atoms with E-state index in [0.717, 1.165) is 35.4 Å². The highest BCUT2D eigenvalue weighted by Crippen LogP contribution is 2.28. The normalized spacial score (nSPS) is 13.2. The molecule has 5 rings (SSSR count). The van der Waals surface area contributed by atoms with Gasteiger partial charge in [0.15, 0.2) is 5.78 Å². The lowest BCUT2D eigenvalue weighted by Gasteiger charge is -2.21. The van der Waals surface area contributed by atoms with Gasteiger partial charge in [-0.2, -0.15) is 10.2 Å². The third-order valence-corrected chi connectivity index (χ3v) is 6.81. The van der Waals surface area contributed by atoms with Crippen LogP contribution in [0.25, 0.3) is 11.4 Å². The van der Waals surface area contributed by atoms with Gasteiger partial charge in [-0.25, -0.2) is 13.5 Å². The molecule has 1 aliphatic heterocycles. The molecule has 17 heteroatoms. The molecule has 0 saturated carbocycles. The topological polar surface area (TPSA) is 194 Å². The highest BCUT2D eigenvalue weighted by atomic mass is 19.1. The average molecular weight is 652 g/mol. The molecular formula is C30H27F2N7O8. The minimum atomic E-state index is -0.941. The zero-order valence-electron chi connectivity index (χ0n) is 24.7. The monoisotopic (exact) mass is 651 g/mol. The van der Waals surface area contributed by atoms with Crippen molar-refractivity contribution >= 4 is 40.4 Å². The number of hydrogen-bond donors (Lipinski definition) is 1. The van der Waals surface area contributed by atoms with E-state index >= 15 is 0 Å². The van der Waals surface area contributed by atoms with Crippen molar-refractivity contribution in [2.24, 2.45) is 0 Å². The molecule has 3 heterocycles. The molecule has 2 aromatic heterocycles. The number of rotatable bonds is 11. The molecular weight excluding hydrogens is 624 g/mol. The molecule has 0 spiro atoms. The summed E-state index contributed by atoms with van der Waals surface area (Å²) in [5, 5.41) is 32.1. The maximum atomic E-state index is 13.0. The first-order valence-electron chi connectivity index (χ1n) is 14.1. The smallest absolute Gasteiger partial charge is 0.307 e. The van der Waals surface area contributed by atoms with Crippen molar-refractivity contribution in [1.29, 1.82) is 0 Å². The van der Waals surface area contributed by atoms with Crippen LogP contribution in [-0.2, 0) is 14.3 Å². The van der Waals surface area contributed by atoms with Crippen molar-refractivity contribution < 1.29 is 37.7 Å². The Morgan fingerprint density at radius 2 is 1.53 bits per heavy atom. The van der Waals surface area contributed by atoms with Gasteiger partial charge in [-0.1, -0.05) is 0 Å². The van der Waals surface area contributed by atoms with E-state index < -0.39 is 33.5 Å². The van der Waals surface area contributed by atoms with Gasteiger partial charge in [-0.15, -0.1) is 0 Å². The third kappa shape index (κ3) is 8.74. The Balaban J connectivity index is 0.000000214. The zero-order valence-corrected chi connectivity index (χ0v) is 24.7.